The molecule has 0 saturated heterocycles. The average Bonchev–Trinajstić information content (AvgIpc) is 2.72. The lowest BCUT2D eigenvalue weighted by atomic mass is 9.93. The van der Waals surface area contributed by atoms with E-state index in [-0.39, 0.29) is 12.4 Å². The Hall–Kier alpha value is -2.89. The molecule has 0 atom stereocenters. The molecule has 2 aromatic carbocycles. The van der Waals surface area contributed by atoms with Gasteiger partial charge in [0.2, 0.25) is 0 Å². The van der Waals surface area contributed by atoms with Crippen molar-refractivity contribution in [1.82, 2.24) is 4.98 Å². The van der Waals surface area contributed by atoms with Gasteiger partial charge in [-0.25, -0.2) is 4.39 Å². The molecule has 0 aliphatic carbocycles. The molecule has 3 aromatic rings. The summed E-state index contributed by atoms with van der Waals surface area (Å²) in [6.45, 7) is 8.06. The van der Waals surface area contributed by atoms with Crippen LogP contribution in [0.5, 0.6) is 5.75 Å². The molecular formula is C25H25F4NO. The van der Waals surface area contributed by atoms with E-state index in [1.54, 1.807) is 0 Å². The third-order valence-electron chi connectivity index (χ3n) is 5.44. The van der Waals surface area contributed by atoms with Crippen LogP contribution in [0.2, 0.25) is 0 Å². The summed E-state index contributed by atoms with van der Waals surface area (Å²) in [4.78, 5) is 4.78. The lowest BCUT2D eigenvalue weighted by Crippen LogP contribution is -2.09. The Kier molecular flexibility index (Phi) is 6.68. The second kappa shape index (κ2) is 9.08. The minimum absolute atomic E-state index is 0.0406. The first-order valence-electron chi connectivity index (χ1n) is 10.2. The van der Waals surface area contributed by atoms with Crippen LogP contribution in [0, 0.1) is 19.7 Å². The first-order chi connectivity index (χ1) is 14.7. The van der Waals surface area contributed by atoms with Gasteiger partial charge in [0, 0.05) is 16.8 Å². The number of hydrogen-bond donors (Lipinski definition) is 0. The van der Waals surface area contributed by atoms with Crippen molar-refractivity contribution in [2.45, 2.75) is 53.3 Å². The number of hydrogen-bond acceptors (Lipinski definition) is 2. The van der Waals surface area contributed by atoms with E-state index in [1.165, 1.54) is 17.2 Å². The van der Waals surface area contributed by atoms with E-state index in [9.17, 15) is 17.6 Å². The lowest BCUT2D eigenvalue weighted by molar-refractivity contribution is -0.140. The van der Waals surface area contributed by atoms with Crippen LogP contribution in [0.1, 0.15) is 47.4 Å². The maximum Gasteiger partial charge on any atom is 0.419 e. The van der Waals surface area contributed by atoms with Crippen LogP contribution < -0.4 is 4.74 Å². The zero-order valence-electron chi connectivity index (χ0n) is 18.0. The van der Waals surface area contributed by atoms with Crippen molar-refractivity contribution < 1.29 is 22.3 Å². The molecule has 164 valence electrons. The fourth-order valence-corrected chi connectivity index (χ4v) is 3.74. The van der Waals surface area contributed by atoms with Crippen molar-refractivity contribution in [3.8, 4) is 17.0 Å². The summed E-state index contributed by atoms with van der Waals surface area (Å²) in [5, 5.41) is 0. The highest BCUT2D eigenvalue weighted by Crippen LogP contribution is 2.34. The topological polar surface area (TPSA) is 22.1 Å². The summed E-state index contributed by atoms with van der Waals surface area (Å²) >= 11 is 0. The second-order valence-corrected chi connectivity index (χ2v) is 7.47. The first-order valence-corrected chi connectivity index (χ1v) is 10.2. The van der Waals surface area contributed by atoms with Gasteiger partial charge >= 0.3 is 6.18 Å². The van der Waals surface area contributed by atoms with E-state index in [4.69, 9.17) is 9.72 Å². The van der Waals surface area contributed by atoms with Gasteiger partial charge < -0.3 is 4.74 Å². The molecule has 0 amide bonds. The molecule has 0 unspecified atom stereocenters. The van der Waals surface area contributed by atoms with Gasteiger partial charge in [-0.1, -0.05) is 32.0 Å². The van der Waals surface area contributed by atoms with Crippen molar-refractivity contribution in [1.29, 1.82) is 0 Å². The third kappa shape index (κ3) is 4.89. The Bertz CT molecular complexity index is 1040. The molecule has 0 radical (unpaired) electrons. The number of alkyl halides is 3. The molecule has 0 fully saturated rings. The van der Waals surface area contributed by atoms with Gasteiger partial charge in [0.1, 0.15) is 18.2 Å². The third-order valence-corrected chi connectivity index (χ3v) is 5.44. The fourth-order valence-electron chi connectivity index (χ4n) is 3.74. The Balaban J connectivity index is 1.91. The van der Waals surface area contributed by atoms with Gasteiger partial charge in [0.15, 0.2) is 0 Å². The number of rotatable bonds is 6. The Morgan fingerprint density at radius 1 is 0.935 bits per heavy atom. The van der Waals surface area contributed by atoms with Crippen molar-refractivity contribution in [3.05, 3.63) is 81.8 Å². The monoisotopic (exact) mass is 431 g/mol. The highest BCUT2D eigenvalue weighted by molar-refractivity contribution is 5.69. The lowest BCUT2D eigenvalue weighted by Gasteiger charge is -2.17. The quantitative estimate of drug-likeness (QED) is 0.384. The minimum Gasteiger partial charge on any atom is -0.489 e. The summed E-state index contributed by atoms with van der Waals surface area (Å²) in [5.74, 6) is -1.36. The number of benzene rings is 2. The van der Waals surface area contributed by atoms with Crippen LogP contribution in [0.25, 0.3) is 11.3 Å². The average molecular weight is 431 g/mol. The number of pyridine rings is 1. The number of nitrogens with zero attached hydrogens (tertiary/aromatic N) is 1. The molecule has 6 heteroatoms. The van der Waals surface area contributed by atoms with E-state index in [0.717, 1.165) is 47.0 Å². The smallest absolute Gasteiger partial charge is 0.419 e. The first kappa shape index (κ1) is 22.8. The van der Waals surface area contributed by atoms with E-state index in [2.05, 4.69) is 32.0 Å². The predicted molar refractivity (Wildman–Crippen MR) is 114 cm³/mol. The summed E-state index contributed by atoms with van der Waals surface area (Å²) in [6.07, 6.45) is -3.00. The molecule has 0 spiro atoms. The molecule has 1 heterocycles. The predicted octanol–water partition coefficient (Wildman–Crippen LogP) is 7.23. The van der Waals surface area contributed by atoms with Gasteiger partial charge in [-0.05, 0) is 67.6 Å². The summed E-state index contributed by atoms with van der Waals surface area (Å²) in [5.41, 5.74) is 5.62. The standard InChI is InChI=1S/C25H25F4NO/c1-5-17-8-7-9-18(6-2)24(17)23-12-15(3)20(16(4)30-23)14-31-19-10-11-22(26)21(13-19)25(27,28)29/h7-13H,5-6,14H2,1-4H3. The molecule has 0 bridgehead atoms. The second-order valence-electron chi connectivity index (χ2n) is 7.47. The maximum absolute atomic E-state index is 13.5. The number of aryl methyl sites for hydroxylation is 4. The highest BCUT2D eigenvalue weighted by Gasteiger charge is 2.34. The van der Waals surface area contributed by atoms with Gasteiger partial charge in [-0.15, -0.1) is 0 Å². The van der Waals surface area contributed by atoms with Crippen LogP contribution >= 0.6 is 0 Å². The largest absolute Gasteiger partial charge is 0.489 e. The zero-order valence-corrected chi connectivity index (χ0v) is 18.0. The highest BCUT2D eigenvalue weighted by atomic mass is 19.4. The van der Waals surface area contributed by atoms with Crippen LogP contribution in [-0.2, 0) is 25.6 Å². The van der Waals surface area contributed by atoms with Gasteiger partial charge in [0.05, 0.1) is 11.3 Å². The molecule has 2 nitrogen and oxygen atoms in total. The molecule has 0 saturated carbocycles. The van der Waals surface area contributed by atoms with Crippen molar-refractivity contribution in [2.75, 3.05) is 0 Å². The maximum atomic E-state index is 13.5. The van der Waals surface area contributed by atoms with E-state index in [0.29, 0.717) is 6.07 Å². The molecule has 31 heavy (non-hydrogen) atoms. The normalized spacial score (nSPS) is 11.6. The fraction of sp³-hybridized carbons (Fsp3) is 0.320. The van der Waals surface area contributed by atoms with Crippen LogP contribution in [0.15, 0.2) is 42.5 Å². The Labute approximate surface area is 179 Å². The van der Waals surface area contributed by atoms with E-state index in [1.807, 2.05) is 19.9 Å². The minimum atomic E-state index is -4.78. The van der Waals surface area contributed by atoms with Crippen molar-refractivity contribution >= 4 is 0 Å². The number of aromatic nitrogens is 1. The van der Waals surface area contributed by atoms with Crippen LogP contribution in [0.4, 0.5) is 17.6 Å². The SMILES string of the molecule is CCc1cccc(CC)c1-c1cc(C)c(COc2ccc(F)c(C(F)(F)F)c2)c(C)n1. The van der Waals surface area contributed by atoms with Gasteiger partial charge in [-0.3, -0.25) is 4.98 Å². The zero-order chi connectivity index (χ0) is 22.8. The number of ether oxygens (including phenoxy) is 1. The summed E-state index contributed by atoms with van der Waals surface area (Å²) in [6, 6.07) is 10.9. The Morgan fingerprint density at radius 3 is 2.13 bits per heavy atom. The molecule has 3 rings (SSSR count). The van der Waals surface area contributed by atoms with Crippen LogP contribution in [0.3, 0.4) is 0 Å². The van der Waals surface area contributed by atoms with Gasteiger partial charge in [0.25, 0.3) is 0 Å². The molecule has 0 N–H and O–H groups in total. The molecular weight excluding hydrogens is 406 g/mol. The Morgan fingerprint density at radius 2 is 1.58 bits per heavy atom. The molecule has 1 aromatic heterocycles. The summed E-state index contributed by atoms with van der Waals surface area (Å²) < 4.78 is 57.9. The molecule has 0 aliphatic rings. The van der Waals surface area contributed by atoms with E-state index >= 15 is 0 Å². The number of halogens is 4. The molecule has 0 aliphatic heterocycles. The van der Waals surface area contributed by atoms with Crippen molar-refractivity contribution in [2.24, 2.45) is 0 Å². The summed E-state index contributed by atoms with van der Waals surface area (Å²) in [7, 11) is 0. The van der Waals surface area contributed by atoms with E-state index < -0.39 is 17.6 Å². The van der Waals surface area contributed by atoms with Gasteiger partial charge in [-0.2, -0.15) is 13.2 Å². The van der Waals surface area contributed by atoms with Crippen LogP contribution in [-0.4, -0.2) is 4.98 Å². The van der Waals surface area contributed by atoms with Crippen molar-refractivity contribution in [3.63, 3.8) is 0 Å².